The Hall–Kier alpha value is -0.310. The Morgan fingerprint density at radius 3 is 2.18 bits per heavy atom. The molecular formula is C8H10NOTa-. The van der Waals surface area contributed by atoms with Crippen LogP contribution >= 0.6 is 0 Å². The molecule has 0 aromatic carbocycles. The summed E-state index contributed by atoms with van der Waals surface area (Å²) in [4.78, 5) is 14.7. The number of aromatic nitrogens is 1. The van der Waals surface area contributed by atoms with Crippen molar-refractivity contribution in [2.24, 2.45) is 0 Å². The molecule has 0 saturated carbocycles. The molecular weight excluding hydrogens is 307 g/mol. The summed E-state index contributed by atoms with van der Waals surface area (Å²) in [6.07, 6.45) is 0. The fraction of sp³-hybridized carbons (Fsp3) is 0.375. The zero-order chi connectivity index (χ0) is 7.72. The van der Waals surface area contributed by atoms with Gasteiger partial charge in [0.25, 0.3) is 0 Å². The summed E-state index contributed by atoms with van der Waals surface area (Å²) in [7, 11) is 0. The van der Waals surface area contributed by atoms with E-state index in [2.05, 4.69) is 4.98 Å². The molecule has 1 heterocycles. The molecule has 11 heavy (non-hydrogen) atoms. The van der Waals surface area contributed by atoms with E-state index in [9.17, 15) is 4.79 Å². The Bertz CT molecular complexity index is 303. The van der Waals surface area contributed by atoms with Crippen molar-refractivity contribution in [1.82, 2.24) is 4.98 Å². The molecule has 0 bridgehead atoms. The molecule has 0 aliphatic rings. The van der Waals surface area contributed by atoms with Crippen LogP contribution in [0.4, 0.5) is 0 Å². The minimum atomic E-state index is -0.108. The first-order valence-corrected chi connectivity index (χ1v) is 3.23. The molecule has 2 nitrogen and oxygen atoms in total. The Morgan fingerprint density at radius 2 is 1.73 bits per heavy atom. The summed E-state index contributed by atoms with van der Waals surface area (Å²) in [6, 6.07) is 1.87. The van der Waals surface area contributed by atoms with Crippen LogP contribution in [0.1, 0.15) is 16.8 Å². The monoisotopic (exact) mass is 317 g/mol. The van der Waals surface area contributed by atoms with Crippen molar-refractivity contribution in [2.45, 2.75) is 20.8 Å². The minimum absolute atomic E-state index is 0. The van der Waals surface area contributed by atoms with E-state index in [1.807, 2.05) is 19.9 Å². The molecule has 0 spiro atoms. The number of hydrogen-bond acceptors (Lipinski definition) is 1. The maximum atomic E-state index is 10.9. The van der Waals surface area contributed by atoms with Gasteiger partial charge in [-0.05, 0) is 19.4 Å². The van der Waals surface area contributed by atoms with E-state index in [4.69, 9.17) is 0 Å². The third kappa shape index (κ3) is 2.33. The number of rotatable bonds is 0. The van der Waals surface area contributed by atoms with E-state index in [-0.39, 0.29) is 27.9 Å². The second-order valence-corrected chi connectivity index (χ2v) is 2.51. The summed E-state index contributed by atoms with van der Waals surface area (Å²) in [5.41, 5.74) is 2.53. The molecule has 1 rings (SSSR count). The van der Waals surface area contributed by atoms with Crippen LogP contribution in [0.5, 0.6) is 0 Å². The Kier molecular flexibility index (Phi) is 3.79. The first-order valence-electron chi connectivity index (χ1n) is 3.23. The van der Waals surface area contributed by atoms with Gasteiger partial charge in [-0.25, -0.2) is 0 Å². The van der Waals surface area contributed by atoms with E-state index in [0.717, 1.165) is 16.8 Å². The largest absolute Gasteiger partial charge is 0.626 e. The van der Waals surface area contributed by atoms with Crippen LogP contribution in [0.25, 0.3) is 0 Å². The summed E-state index contributed by atoms with van der Waals surface area (Å²) in [6.45, 7) is 5.58. The van der Waals surface area contributed by atoms with Crippen LogP contribution in [0, 0.1) is 20.8 Å². The molecule has 0 unspecified atom stereocenters. The normalized spacial score (nSPS) is 9.00. The summed E-state index contributed by atoms with van der Waals surface area (Å²) < 4.78 is 0. The first kappa shape index (κ1) is 10.7. The molecule has 3 heteroatoms. The van der Waals surface area contributed by atoms with Crippen LogP contribution in [0.2, 0.25) is 0 Å². The SMILES string of the molecule is Cc1cc(C)c(=O)[n-]c1C.[Ta]. The fourth-order valence-corrected chi connectivity index (χ4v) is 0.820. The first-order chi connectivity index (χ1) is 4.61. The van der Waals surface area contributed by atoms with Crippen LogP contribution in [0.3, 0.4) is 0 Å². The van der Waals surface area contributed by atoms with Crippen LogP contribution in [0.15, 0.2) is 10.9 Å². The second-order valence-electron chi connectivity index (χ2n) is 2.51. The van der Waals surface area contributed by atoms with Crippen molar-refractivity contribution in [3.8, 4) is 0 Å². The zero-order valence-corrected chi connectivity index (χ0v) is 10.1. The summed E-state index contributed by atoms with van der Waals surface area (Å²) in [5.74, 6) is 0. The van der Waals surface area contributed by atoms with Crippen molar-refractivity contribution in [3.05, 3.63) is 33.2 Å². The fourth-order valence-electron chi connectivity index (χ4n) is 0.820. The van der Waals surface area contributed by atoms with Crippen molar-refractivity contribution >= 4 is 0 Å². The van der Waals surface area contributed by atoms with Gasteiger partial charge in [0.2, 0.25) is 0 Å². The predicted octanol–water partition coefficient (Wildman–Crippen LogP) is 0.927. The zero-order valence-electron chi connectivity index (χ0n) is 6.88. The molecule has 0 amide bonds. The number of hydrogen-bond donors (Lipinski definition) is 0. The Labute approximate surface area is 81.5 Å². The van der Waals surface area contributed by atoms with Gasteiger partial charge in [-0.2, -0.15) is 5.69 Å². The van der Waals surface area contributed by atoms with Crippen LogP contribution < -0.4 is 10.5 Å². The van der Waals surface area contributed by atoms with Crippen LogP contribution in [-0.4, -0.2) is 0 Å². The van der Waals surface area contributed by atoms with Crippen molar-refractivity contribution in [2.75, 3.05) is 0 Å². The average molecular weight is 317 g/mol. The van der Waals surface area contributed by atoms with Gasteiger partial charge in [0, 0.05) is 22.4 Å². The maximum Gasteiger partial charge on any atom is 0.0807 e. The predicted molar refractivity (Wildman–Crippen MR) is 40.2 cm³/mol. The molecule has 0 fully saturated rings. The maximum absolute atomic E-state index is 10.9. The third-order valence-electron chi connectivity index (χ3n) is 1.61. The number of aryl methyl sites for hydroxylation is 3. The standard InChI is InChI=1S/C8H11NO.Ta/c1-5-4-6(2)8(10)9-7(5)3;/h4H,1-3H3,(H,9,10);/p-1. The van der Waals surface area contributed by atoms with Gasteiger partial charge < -0.3 is 9.78 Å². The molecule has 59 valence electrons. The van der Waals surface area contributed by atoms with E-state index in [1.54, 1.807) is 6.92 Å². The van der Waals surface area contributed by atoms with Gasteiger partial charge in [-0.15, -0.1) is 0 Å². The molecule has 1 aromatic heterocycles. The van der Waals surface area contributed by atoms with Crippen molar-refractivity contribution in [1.29, 1.82) is 0 Å². The topological polar surface area (TPSA) is 31.2 Å². The van der Waals surface area contributed by atoms with E-state index >= 15 is 0 Å². The Balaban J connectivity index is 0.000001000. The van der Waals surface area contributed by atoms with E-state index in [1.165, 1.54) is 0 Å². The quantitative estimate of drug-likeness (QED) is 0.713. The Morgan fingerprint density at radius 1 is 1.18 bits per heavy atom. The van der Waals surface area contributed by atoms with Gasteiger partial charge in [0.15, 0.2) is 0 Å². The van der Waals surface area contributed by atoms with Crippen LogP contribution in [-0.2, 0) is 22.4 Å². The van der Waals surface area contributed by atoms with Crippen molar-refractivity contribution < 1.29 is 22.4 Å². The number of nitrogens with zero attached hydrogens (tertiary/aromatic N) is 1. The molecule has 0 aliphatic heterocycles. The van der Waals surface area contributed by atoms with E-state index < -0.39 is 0 Å². The van der Waals surface area contributed by atoms with Gasteiger partial charge in [0.05, 0.1) is 5.56 Å². The smallest absolute Gasteiger partial charge is 0.0807 e. The van der Waals surface area contributed by atoms with Gasteiger partial charge in [-0.1, -0.05) is 18.6 Å². The average Bonchev–Trinajstić information content (AvgIpc) is 1.84. The molecule has 0 N–H and O–H groups in total. The molecule has 1 radical (unpaired) electrons. The summed E-state index contributed by atoms with van der Waals surface area (Å²) in [5, 5.41) is 0. The van der Waals surface area contributed by atoms with Gasteiger partial charge >= 0.3 is 0 Å². The molecule has 1 aromatic rings. The van der Waals surface area contributed by atoms with Gasteiger partial charge in [-0.3, -0.25) is 0 Å². The second kappa shape index (κ2) is 3.90. The van der Waals surface area contributed by atoms with Crippen molar-refractivity contribution in [3.63, 3.8) is 0 Å². The molecule has 0 saturated heterocycles. The number of pyridine rings is 1. The van der Waals surface area contributed by atoms with E-state index in [0.29, 0.717) is 0 Å². The summed E-state index contributed by atoms with van der Waals surface area (Å²) >= 11 is 0. The third-order valence-corrected chi connectivity index (χ3v) is 1.61. The molecule has 0 atom stereocenters. The minimum Gasteiger partial charge on any atom is -0.626 e. The van der Waals surface area contributed by atoms with Gasteiger partial charge in [0.1, 0.15) is 0 Å². The molecule has 0 aliphatic carbocycles.